The Kier molecular flexibility index (Phi) is 9.38. The molecule has 0 atom stereocenters. The van der Waals surface area contributed by atoms with Crippen molar-refractivity contribution >= 4 is 11.9 Å². The maximum absolute atomic E-state index is 13.6. The van der Waals surface area contributed by atoms with E-state index in [0.29, 0.717) is 24.3 Å². The number of rotatable bonds is 11. The van der Waals surface area contributed by atoms with E-state index < -0.39 is 36.0 Å². The molecule has 0 saturated carbocycles. The van der Waals surface area contributed by atoms with E-state index in [0.717, 1.165) is 19.3 Å². The molecule has 162 valence electrons. The summed E-state index contributed by atoms with van der Waals surface area (Å²) in [5.74, 6) is -4.82. The quantitative estimate of drug-likeness (QED) is 0.254. The molecule has 0 unspecified atom stereocenters. The van der Waals surface area contributed by atoms with Crippen molar-refractivity contribution in [3.05, 3.63) is 70.5 Å². The highest BCUT2D eigenvalue weighted by Crippen LogP contribution is 2.16. The topological polar surface area (TPSA) is 52.6 Å². The highest BCUT2D eigenvalue weighted by molar-refractivity contribution is 5.93. The van der Waals surface area contributed by atoms with Crippen molar-refractivity contribution in [2.24, 2.45) is 0 Å². The second kappa shape index (κ2) is 12.0. The molecule has 0 aliphatic heterocycles. The number of carbonyl (C=O) groups excluding carboxylic acids is 2. The van der Waals surface area contributed by atoms with Gasteiger partial charge in [-0.05, 0) is 36.8 Å². The van der Waals surface area contributed by atoms with Crippen molar-refractivity contribution in [2.45, 2.75) is 52.1 Å². The van der Waals surface area contributed by atoms with Gasteiger partial charge in [0, 0.05) is 11.6 Å². The molecule has 0 N–H and O–H groups in total. The number of benzene rings is 2. The molecule has 0 heterocycles. The van der Waals surface area contributed by atoms with Crippen molar-refractivity contribution < 1.29 is 32.2 Å². The van der Waals surface area contributed by atoms with E-state index in [1.54, 1.807) is 0 Å². The number of esters is 2. The van der Waals surface area contributed by atoms with Gasteiger partial charge >= 0.3 is 11.9 Å². The van der Waals surface area contributed by atoms with Gasteiger partial charge in [-0.25, -0.2) is 22.8 Å². The number of carbonyl (C=O) groups is 2. The summed E-state index contributed by atoms with van der Waals surface area (Å²) in [4.78, 5) is 24.1. The molecule has 0 aromatic heterocycles. The molecule has 2 rings (SSSR count). The van der Waals surface area contributed by atoms with Crippen LogP contribution >= 0.6 is 0 Å². The lowest BCUT2D eigenvalue weighted by Crippen LogP contribution is -2.09. The Morgan fingerprint density at radius 2 is 1.27 bits per heavy atom. The van der Waals surface area contributed by atoms with Crippen LogP contribution in [0.5, 0.6) is 0 Å². The first-order valence-electron chi connectivity index (χ1n) is 10.00. The Hall–Kier alpha value is -2.83. The van der Waals surface area contributed by atoms with Crippen LogP contribution in [0.3, 0.4) is 0 Å². The lowest BCUT2D eigenvalue weighted by molar-refractivity contribution is 0.0462. The first-order valence-corrected chi connectivity index (χ1v) is 10.00. The molecule has 7 heteroatoms. The third-order valence-electron chi connectivity index (χ3n) is 4.54. The summed E-state index contributed by atoms with van der Waals surface area (Å²) >= 11 is 0. The van der Waals surface area contributed by atoms with Crippen LogP contribution < -0.4 is 0 Å². The second-order valence-corrected chi connectivity index (χ2v) is 6.91. The Morgan fingerprint density at radius 3 is 1.90 bits per heavy atom. The first kappa shape index (κ1) is 23.4. The van der Waals surface area contributed by atoms with E-state index in [9.17, 15) is 22.8 Å². The highest BCUT2D eigenvalue weighted by atomic mass is 19.2. The summed E-state index contributed by atoms with van der Waals surface area (Å²) in [5, 5.41) is 0. The summed E-state index contributed by atoms with van der Waals surface area (Å²) in [6, 6.07) is 6.65. The summed E-state index contributed by atoms with van der Waals surface area (Å²) in [6.07, 6.45) is 6.52. The van der Waals surface area contributed by atoms with Gasteiger partial charge in [-0.15, -0.1) is 0 Å². The fourth-order valence-corrected chi connectivity index (χ4v) is 2.77. The summed E-state index contributed by atoms with van der Waals surface area (Å²) in [6.45, 7) is 1.94. The third-order valence-corrected chi connectivity index (χ3v) is 4.54. The van der Waals surface area contributed by atoms with E-state index in [2.05, 4.69) is 6.92 Å². The van der Waals surface area contributed by atoms with Gasteiger partial charge in [-0.2, -0.15) is 0 Å². The molecule has 0 amide bonds. The minimum atomic E-state index is -1.32. The summed E-state index contributed by atoms with van der Waals surface area (Å²) in [7, 11) is 0. The molecule has 0 saturated heterocycles. The predicted octanol–water partition coefficient (Wildman–Crippen LogP) is 5.98. The smallest absolute Gasteiger partial charge is 0.338 e. The summed E-state index contributed by atoms with van der Waals surface area (Å²) in [5.41, 5.74) is 0.145. The zero-order chi connectivity index (χ0) is 21.9. The standard InChI is InChI=1S/C23H25F3O4/c1-2-3-4-5-6-7-12-29-22(27)16-8-10-17(11-9-16)23(28)30-15-18-13-20(25)21(26)14-19(18)24/h8-11,13-14H,2-7,12,15H2,1H3. The van der Waals surface area contributed by atoms with Gasteiger partial charge in [0.25, 0.3) is 0 Å². The zero-order valence-corrected chi connectivity index (χ0v) is 16.9. The Labute approximate surface area is 174 Å². The van der Waals surface area contributed by atoms with E-state index in [-0.39, 0.29) is 11.1 Å². The Bertz CT molecular complexity index is 850. The van der Waals surface area contributed by atoms with Gasteiger partial charge in [0.15, 0.2) is 11.6 Å². The molecule has 0 aliphatic carbocycles. The fraction of sp³-hybridized carbons (Fsp3) is 0.391. The summed E-state index contributed by atoms with van der Waals surface area (Å²) < 4.78 is 49.8. The number of unbranched alkanes of at least 4 members (excludes halogenated alkanes) is 5. The van der Waals surface area contributed by atoms with Crippen LogP contribution in [-0.4, -0.2) is 18.5 Å². The SMILES string of the molecule is CCCCCCCCOC(=O)c1ccc(C(=O)OCc2cc(F)c(F)cc2F)cc1. The van der Waals surface area contributed by atoms with Gasteiger partial charge in [-0.1, -0.05) is 39.0 Å². The van der Waals surface area contributed by atoms with Crippen molar-refractivity contribution in [1.29, 1.82) is 0 Å². The van der Waals surface area contributed by atoms with Gasteiger partial charge in [0.05, 0.1) is 17.7 Å². The number of ether oxygens (including phenoxy) is 2. The van der Waals surface area contributed by atoms with Gasteiger partial charge < -0.3 is 9.47 Å². The van der Waals surface area contributed by atoms with Crippen molar-refractivity contribution in [1.82, 2.24) is 0 Å². The Morgan fingerprint density at radius 1 is 0.733 bits per heavy atom. The molecular weight excluding hydrogens is 397 g/mol. The molecule has 0 fully saturated rings. The van der Waals surface area contributed by atoms with Gasteiger partial charge in [0.1, 0.15) is 12.4 Å². The lowest BCUT2D eigenvalue weighted by Gasteiger charge is -2.08. The number of halogens is 3. The van der Waals surface area contributed by atoms with Crippen LogP contribution in [0.4, 0.5) is 13.2 Å². The van der Waals surface area contributed by atoms with Crippen LogP contribution in [0, 0.1) is 17.5 Å². The lowest BCUT2D eigenvalue weighted by atomic mass is 10.1. The van der Waals surface area contributed by atoms with Crippen molar-refractivity contribution in [3.8, 4) is 0 Å². The minimum absolute atomic E-state index is 0.130. The van der Waals surface area contributed by atoms with Crippen LogP contribution in [-0.2, 0) is 16.1 Å². The molecule has 2 aromatic rings. The van der Waals surface area contributed by atoms with Crippen molar-refractivity contribution in [3.63, 3.8) is 0 Å². The van der Waals surface area contributed by atoms with E-state index in [4.69, 9.17) is 9.47 Å². The third kappa shape index (κ3) is 7.21. The molecule has 30 heavy (non-hydrogen) atoms. The van der Waals surface area contributed by atoms with Crippen LogP contribution in [0.1, 0.15) is 71.7 Å². The largest absolute Gasteiger partial charge is 0.462 e. The van der Waals surface area contributed by atoms with Crippen LogP contribution in [0.15, 0.2) is 36.4 Å². The Balaban J connectivity index is 1.79. The van der Waals surface area contributed by atoms with Crippen LogP contribution in [0.25, 0.3) is 0 Å². The van der Waals surface area contributed by atoms with E-state index in [1.807, 2.05) is 0 Å². The monoisotopic (exact) mass is 422 g/mol. The fourth-order valence-electron chi connectivity index (χ4n) is 2.77. The van der Waals surface area contributed by atoms with Crippen molar-refractivity contribution in [2.75, 3.05) is 6.61 Å². The van der Waals surface area contributed by atoms with Gasteiger partial charge in [0.2, 0.25) is 0 Å². The maximum atomic E-state index is 13.6. The second-order valence-electron chi connectivity index (χ2n) is 6.91. The molecule has 0 bridgehead atoms. The molecule has 0 aliphatic rings. The first-order chi connectivity index (χ1) is 14.4. The molecule has 2 aromatic carbocycles. The normalized spacial score (nSPS) is 10.7. The van der Waals surface area contributed by atoms with E-state index >= 15 is 0 Å². The maximum Gasteiger partial charge on any atom is 0.338 e. The van der Waals surface area contributed by atoms with Crippen LogP contribution in [0.2, 0.25) is 0 Å². The van der Waals surface area contributed by atoms with Gasteiger partial charge in [-0.3, -0.25) is 0 Å². The minimum Gasteiger partial charge on any atom is -0.462 e. The predicted molar refractivity (Wildman–Crippen MR) is 106 cm³/mol. The molecule has 0 spiro atoms. The molecular formula is C23H25F3O4. The number of hydrogen-bond donors (Lipinski definition) is 0. The highest BCUT2D eigenvalue weighted by Gasteiger charge is 2.14. The molecule has 0 radical (unpaired) electrons. The average molecular weight is 422 g/mol. The average Bonchev–Trinajstić information content (AvgIpc) is 2.74. The molecule has 4 nitrogen and oxygen atoms in total. The van der Waals surface area contributed by atoms with E-state index in [1.165, 1.54) is 43.5 Å². The number of hydrogen-bond acceptors (Lipinski definition) is 4. The zero-order valence-electron chi connectivity index (χ0n) is 16.9.